The number of likely N-dealkylation sites (tertiary alicyclic amines) is 1. The third kappa shape index (κ3) is 5.57. The lowest BCUT2D eigenvalue weighted by Gasteiger charge is -2.17. The van der Waals surface area contributed by atoms with Crippen molar-refractivity contribution in [3.05, 3.63) is 117 Å². The van der Waals surface area contributed by atoms with Crippen LogP contribution in [0.2, 0.25) is 0 Å². The second-order valence-corrected chi connectivity index (χ2v) is 11.2. The second-order valence-electron chi connectivity index (χ2n) is 10.4. The second kappa shape index (κ2) is 11.5. The molecule has 3 N–H and O–H groups in total. The molecule has 3 heterocycles. The normalized spacial score (nSPS) is 16.8. The molecule has 1 saturated heterocycles. The van der Waals surface area contributed by atoms with Crippen molar-refractivity contribution in [1.82, 2.24) is 10.2 Å². The van der Waals surface area contributed by atoms with Crippen LogP contribution in [-0.2, 0) is 11.3 Å². The molecule has 0 aliphatic carbocycles. The fraction of sp³-hybridized carbons (Fsp3) is 0.212. The van der Waals surface area contributed by atoms with Crippen molar-refractivity contribution in [3.8, 4) is 0 Å². The average Bonchev–Trinajstić information content (AvgIpc) is 3.74. The van der Waals surface area contributed by atoms with Crippen LogP contribution >= 0.6 is 11.3 Å². The molecule has 2 amide bonds. The van der Waals surface area contributed by atoms with Gasteiger partial charge in [-0.05, 0) is 85.8 Å². The standard InChI is InChI=1S/C33H32N4O2S/c1-22(24-9-3-2-4-10-24)34-32(38)25-12-13-29-28(19-25)30(33(39)36-29)31(26-14-17-40-21-26)35-27-11-7-8-23(18-27)20-37-15-5-6-16-37/h2-4,7-14,17-19,21-22,35H,5-6,15-16,20H2,1H3,(H,34,38)(H,36,39)/b31-30-/t22-/m1/s1. The van der Waals surface area contributed by atoms with Crippen molar-refractivity contribution in [2.75, 3.05) is 23.7 Å². The number of carbonyl (C=O) groups excluding carboxylic acids is 2. The summed E-state index contributed by atoms with van der Waals surface area (Å²) in [6, 6.07) is 25.5. The number of hydrogen-bond donors (Lipinski definition) is 3. The van der Waals surface area contributed by atoms with Gasteiger partial charge in [-0.2, -0.15) is 11.3 Å². The van der Waals surface area contributed by atoms with Gasteiger partial charge in [0.05, 0.1) is 17.3 Å². The zero-order valence-electron chi connectivity index (χ0n) is 22.4. The summed E-state index contributed by atoms with van der Waals surface area (Å²) in [5.41, 5.74) is 7.31. The largest absolute Gasteiger partial charge is 0.354 e. The summed E-state index contributed by atoms with van der Waals surface area (Å²) >= 11 is 1.58. The Morgan fingerprint density at radius 3 is 2.58 bits per heavy atom. The van der Waals surface area contributed by atoms with Gasteiger partial charge >= 0.3 is 0 Å². The number of nitrogens with one attached hydrogen (secondary N) is 3. The molecule has 0 bridgehead atoms. The highest BCUT2D eigenvalue weighted by Gasteiger charge is 2.30. The summed E-state index contributed by atoms with van der Waals surface area (Å²) in [6.45, 7) is 5.16. The van der Waals surface area contributed by atoms with Gasteiger partial charge in [0.15, 0.2) is 0 Å². The summed E-state index contributed by atoms with van der Waals surface area (Å²) in [4.78, 5) is 29.1. The third-order valence-corrected chi connectivity index (χ3v) is 8.22. The lowest BCUT2D eigenvalue weighted by atomic mass is 9.99. The number of rotatable bonds is 8. The van der Waals surface area contributed by atoms with Crippen molar-refractivity contribution in [1.29, 1.82) is 0 Å². The number of hydrogen-bond acceptors (Lipinski definition) is 5. The molecular formula is C33H32N4O2S. The molecule has 2 aliphatic rings. The van der Waals surface area contributed by atoms with Crippen LogP contribution in [0.1, 0.15) is 58.4 Å². The van der Waals surface area contributed by atoms with Gasteiger partial charge < -0.3 is 16.0 Å². The molecule has 2 aliphatic heterocycles. The Balaban J connectivity index is 1.33. The van der Waals surface area contributed by atoms with Crippen LogP contribution in [0.5, 0.6) is 0 Å². The number of amides is 2. The highest BCUT2D eigenvalue weighted by molar-refractivity contribution is 7.08. The summed E-state index contributed by atoms with van der Waals surface area (Å²) in [6.07, 6.45) is 2.51. The van der Waals surface area contributed by atoms with Crippen LogP contribution in [0.4, 0.5) is 11.4 Å². The van der Waals surface area contributed by atoms with Gasteiger partial charge in [0.25, 0.3) is 11.8 Å². The lowest BCUT2D eigenvalue weighted by Crippen LogP contribution is -2.26. The Hall–Kier alpha value is -4.20. The van der Waals surface area contributed by atoms with Crippen molar-refractivity contribution in [3.63, 3.8) is 0 Å². The Kier molecular flexibility index (Phi) is 7.49. The molecule has 0 saturated carbocycles. The van der Waals surface area contributed by atoms with E-state index in [9.17, 15) is 9.59 Å². The number of carbonyl (C=O) groups is 2. The van der Waals surface area contributed by atoms with Gasteiger partial charge in [0, 0.05) is 40.0 Å². The quantitative estimate of drug-likeness (QED) is 0.213. The molecule has 0 unspecified atom stereocenters. The maximum atomic E-state index is 13.4. The predicted octanol–water partition coefficient (Wildman–Crippen LogP) is 6.77. The van der Waals surface area contributed by atoms with E-state index in [0.717, 1.165) is 42.1 Å². The molecule has 4 aromatic rings. The van der Waals surface area contributed by atoms with Gasteiger partial charge in [0.2, 0.25) is 0 Å². The first kappa shape index (κ1) is 26.0. The molecule has 6 nitrogen and oxygen atoms in total. The molecule has 3 aromatic carbocycles. The first-order chi connectivity index (χ1) is 19.5. The molecule has 202 valence electrons. The summed E-state index contributed by atoms with van der Waals surface area (Å²) < 4.78 is 0. The molecule has 7 heteroatoms. The van der Waals surface area contributed by atoms with E-state index >= 15 is 0 Å². The van der Waals surface area contributed by atoms with Crippen molar-refractivity contribution in [2.24, 2.45) is 0 Å². The SMILES string of the molecule is C[C@@H](NC(=O)c1ccc2c(c1)/C(=C(/Nc1cccc(CN3CCCC3)c1)c1ccsc1)C(=O)N2)c1ccccc1. The van der Waals surface area contributed by atoms with E-state index in [0.29, 0.717) is 22.4 Å². The number of thiophene rings is 1. The van der Waals surface area contributed by atoms with Gasteiger partial charge in [-0.25, -0.2) is 0 Å². The Morgan fingerprint density at radius 1 is 0.975 bits per heavy atom. The number of fused-ring (bicyclic) bond motifs is 1. The average molecular weight is 549 g/mol. The molecule has 1 atom stereocenters. The maximum absolute atomic E-state index is 13.4. The minimum Gasteiger partial charge on any atom is -0.354 e. The highest BCUT2D eigenvalue weighted by Crippen LogP contribution is 2.38. The zero-order chi connectivity index (χ0) is 27.5. The summed E-state index contributed by atoms with van der Waals surface area (Å²) in [5.74, 6) is -0.371. The fourth-order valence-electron chi connectivity index (χ4n) is 5.44. The monoisotopic (exact) mass is 548 g/mol. The van der Waals surface area contributed by atoms with Crippen LogP contribution in [0.3, 0.4) is 0 Å². The van der Waals surface area contributed by atoms with E-state index < -0.39 is 0 Å². The molecule has 1 aromatic heterocycles. The highest BCUT2D eigenvalue weighted by atomic mass is 32.1. The first-order valence-corrected chi connectivity index (χ1v) is 14.7. The van der Waals surface area contributed by atoms with E-state index in [-0.39, 0.29) is 17.9 Å². The Morgan fingerprint density at radius 2 is 1.80 bits per heavy atom. The van der Waals surface area contributed by atoms with E-state index in [4.69, 9.17) is 0 Å². The van der Waals surface area contributed by atoms with Crippen LogP contribution in [-0.4, -0.2) is 29.8 Å². The van der Waals surface area contributed by atoms with Gasteiger partial charge in [0.1, 0.15) is 0 Å². The zero-order valence-corrected chi connectivity index (χ0v) is 23.3. The number of nitrogens with zero attached hydrogens (tertiary/aromatic N) is 1. The molecule has 1 fully saturated rings. The Bertz CT molecular complexity index is 1560. The minimum absolute atomic E-state index is 0.146. The minimum atomic E-state index is -0.188. The first-order valence-electron chi connectivity index (χ1n) is 13.7. The third-order valence-electron chi connectivity index (χ3n) is 7.53. The smallest absolute Gasteiger partial charge is 0.258 e. The lowest BCUT2D eigenvalue weighted by molar-refractivity contribution is -0.110. The Labute approximate surface area is 238 Å². The van der Waals surface area contributed by atoms with E-state index in [1.54, 1.807) is 17.4 Å². The fourth-order valence-corrected chi connectivity index (χ4v) is 6.08. The van der Waals surface area contributed by atoms with E-state index in [1.807, 2.05) is 72.3 Å². The number of benzene rings is 3. The van der Waals surface area contributed by atoms with Gasteiger partial charge in [-0.3, -0.25) is 14.5 Å². The van der Waals surface area contributed by atoms with Crippen molar-refractivity contribution in [2.45, 2.75) is 32.4 Å². The van der Waals surface area contributed by atoms with Crippen LogP contribution in [0, 0.1) is 0 Å². The topological polar surface area (TPSA) is 73.5 Å². The molecule has 0 spiro atoms. The molecule has 40 heavy (non-hydrogen) atoms. The van der Waals surface area contributed by atoms with Gasteiger partial charge in [-0.1, -0.05) is 42.5 Å². The molecule has 6 rings (SSSR count). The van der Waals surface area contributed by atoms with Gasteiger partial charge in [-0.15, -0.1) is 0 Å². The summed E-state index contributed by atoms with van der Waals surface area (Å²) in [7, 11) is 0. The molecule has 0 radical (unpaired) electrons. The van der Waals surface area contributed by atoms with Crippen LogP contribution < -0.4 is 16.0 Å². The predicted molar refractivity (Wildman–Crippen MR) is 163 cm³/mol. The van der Waals surface area contributed by atoms with Crippen molar-refractivity contribution >= 4 is 45.8 Å². The van der Waals surface area contributed by atoms with Crippen LogP contribution in [0.25, 0.3) is 11.3 Å². The maximum Gasteiger partial charge on any atom is 0.258 e. The molecular weight excluding hydrogens is 516 g/mol. The van der Waals surface area contributed by atoms with Crippen LogP contribution in [0.15, 0.2) is 89.6 Å². The van der Waals surface area contributed by atoms with Crippen molar-refractivity contribution < 1.29 is 9.59 Å². The number of anilines is 2. The van der Waals surface area contributed by atoms with E-state index in [2.05, 4.69) is 39.0 Å². The summed E-state index contributed by atoms with van der Waals surface area (Å²) in [5, 5.41) is 13.7. The van der Waals surface area contributed by atoms with E-state index in [1.165, 1.54) is 18.4 Å².